The zero-order valence-corrected chi connectivity index (χ0v) is 11.1. The van der Waals surface area contributed by atoms with Gasteiger partial charge in [0.05, 0.1) is 10.6 Å². The molecule has 0 unspecified atom stereocenters. The van der Waals surface area contributed by atoms with Crippen LogP contribution in [0.5, 0.6) is 0 Å². The fourth-order valence-corrected chi connectivity index (χ4v) is 1.76. The maximum Gasteiger partial charge on any atom is 0.340 e. The van der Waals surface area contributed by atoms with Crippen molar-refractivity contribution in [3.8, 4) is 0 Å². The highest BCUT2D eigenvalue weighted by atomic mass is 35.5. The number of aryl methyl sites for hydroxylation is 1. The Labute approximate surface area is 114 Å². The lowest BCUT2D eigenvalue weighted by atomic mass is 10.2. The van der Waals surface area contributed by atoms with Gasteiger partial charge in [0.25, 0.3) is 0 Å². The summed E-state index contributed by atoms with van der Waals surface area (Å²) in [5, 5.41) is 3.76. The summed E-state index contributed by atoms with van der Waals surface area (Å²) in [4.78, 5) is 11.9. The molecular formula is C13H11ClFNO3. The summed E-state index contributed by atoms with van der Waals surface area (Å²) >= 11 is 5.78. The highest BCUT2D eigenvalue weighted by Crippen LogP contribution is 2.22. The smallest absolute Gasteiger partial charge is 0.340 e. The fraction of sp³-hybridized carbons (Fsp3) is 0.231. The molecule has 0 aliphatic rings. The van der Waals surface area contributed by atoms with E-state index in [-0.39, 0.29) is 10.6 Å². The molecule has 0 saturated carbocycles. The number of ether oxygens (including phenoxy) is 1. The van der Waals surface area contributed by atoms with Crippen molar-refractivity contribution in [1.82, 2.24) is 5.16 Å². The van der Waals surface area contributed by atoms with Crippen LogP contribution in [-0.4, -0.2) is 11.1 Å². The molecule has 0 fully saturated rings. The van der Waals surface area contributed by atoms with Crippen molar-refractivity contribution in [2.24, 2.45) is 0 Å². The van der Waals surface area contributed by atoms with Crippen LogP contribution in [0.15, 0.2) is 28.8 Å². The fourth-order valence-electron chi connectivity index (χ4n) is 1.52. The first-order chi connectivity index (χ1) is 8.97. The van der Waals surface area contributed by atoms with E-state index in [4.69, 9.17) is 20.9 Å². The van der Waals surface area contributed by atoms with Crippen molar-refractivity contribution in [3.05, 3.63) is 52.1 Å². The Morgan fingerprint density at radius 3 is 2.79 bits per heavy atom. The Morgan fingerprint density at radius 1 is 1.47 bits per heavy atom. The van der Waals surface area contributed by atoms with E-state index < -0.39 is 17.9 Å². The van der Waals surface area contributed by atoms with E-state index >= 15 is 0 Å². The lowest BCUT2D eigenvalue weighted by Gasteiger charge is -2.11. The number of carbonyl (C=O) groups excluding carboxylic acids is 1. The standard InChI is InChI=1S/C13H11ClFNO3/c1-7-5-12(16-19-7)8(2)18-13(17)10-4-3-9(15)6-11(10)14/h3-6,8H,1-2H3/t8-/m0/s1. The molecule has 1 aromatic heterocycles. The average Bonchev–Trinajstić information content (AvgIpc) is 2.75. The summed E-state index contributed by atoms with van der Waals surface area (Å²) in [6.07, 6.45) is -0.578. The van der Waals surface area contributed by atoms with Crippen molar-refractivity contribution < 1.29 is 18.4 Å². The van der Waals surface area contributed by atoms with E-state index in [0.717, 1.165) is 12.1 Å². The summed E-state index contributed by atoms with van der Waals surface area (Å²) < 4.78 is 23.0. The molecule has 0 amide bonds. The quantitative estimate of drug-likeness (QED) is 0.806. The number of rotatable bonds is 3. The number of benzene rings is 1. The molecule has 6 heteroatoms. The maximum atomic E-state index is 12.9. The van der Waals surface area contributed by atoms with Gasteiger partial charge in [0.15, 0.2) is 0 Å². The Kier molecular flexibility index (Phi) is 3.85. The topological polar surface area (TPSA) is 52.3 Å². The second-order valence-corrected chi connectivity index (χ2v) is 4.44. The molecule has 0 radical (unpaired) electrons. The molecule has 100 valence electrons. The van der Waals surface area contributed by atoms with Gasteiger partial charge in [-0.25, -0.2) is 9.18 Å². The minimum atomic E-state index is -0.641. The van der Waals surface area contributed by atoms with E-state index in [1.807, 2.05) is 0 Å². The van der Waals surface area contributed by atoms with Crippen LogP contribution < -0.4 is 0 Å². The molecule has 0 saturated heterocycles. The third-order valence-corrected chi connectivity index (χ3v) is 2.81. The van der Waals surface area contributed by atoms with Gasteiger partial charge < -0.3 is 9.26 Å². The van der Waals surface area contributed by atoms with Crippen LogP contribution >= 0.6 is 11.6 Å². The molecule has 1 aromatic carbocycles. The van der Waals surface area contributed by atoms with Gasteiger partial charge in [-0.05, 0) is 32.0 Å². The number of esters is 1. The molecule has 19 heavy (non-hydrogen) atoms. The molecule has 2 rings (SSSR count). The van der Waals surface area contributed by atoms with Gasteiger partial charge >= 0.3 is 5.97 Å². The van der Waals surface area contributed by atoms with E-state index in [2.05, 4.69) is 5.16 Å². The molecule has 2 aromatic rings. The Hall–Kier alpha value is -1.88. The zero-order valence-electron chi connectivity index (χ0n) is 10.3. The van der Waals surface area contributed by atoms with Gasteiger partial charge in [0, 0.05) is 6.07 Å². The van der Waals surface area contributed by atoms with Crippen molar-refractivity contribution in [2.45, 2.75) is 20.0 Å². The zero-order chi connectivity index (χ0) is 14.0. The second-order valence-electron chi connectivity index (χ2n) is 4.03. The third-order valence-electron chi connectivity index (χ3n) is 2.50. The summed E-state index contributed by atoms with van der Waals surface area (Å²) in [5.74, 6) is -0.530. The summed E-state index contributed by atoms with van der Waals surface area (Å²) in [6, 6.07) is 5.15. The van der Waals surface area contributed by atoms with Crippen LogP contribution in [0.4, 0.5) is 4.39 Å². The van der Waals surface area contributed by atoms with Crippen LogP contribution in [0.1, 0.15) is 34.8 Å². The first-order valence-corrected chi connectivity index (χ1v) is 5.94. The SMILES string of the molecule is Cc1cc([C@H](C)OC(=O)c2ccc(F)cc2Cl)no1. The average molecular weight is 284 g/mol. The van der Waals surface area contributed by atoms with Crippen LogP contribution in [0.25, 0.3) is 0 Å². The molecule has 0 aliphatic carbocycles. The summed E-state index contributed by atoms with van der Waals surface area (Å²) in [5.41, 5.74) is 0.610. The van der Waals surface area contributed by atoms with Crippen LogP contribution in [-0.2, 0) is 4.74 Å². The normalized spacial score (nSPS) is 12.2. The molecule has 1 heterocycles. The molecule has 0 spiro atoms. The van der Waals surface area contributed by atoms with Crippen molar-refractivity contribution in [3.63, 3.8) is 0 Å². The number of hydrogen-bond acceptors (Lipinski definition) is 4. The molecule has 4 nitrogen and oxygen atoms in total. The summed E-state index contributed by atoms with van der Waals surface area (Å²) in [6.45, 7) is 3.40. The highest BCUT2D eigenvalue weighted by molar-refractivity contribution is 6.33. The molecular weight excluding hydrogens is 273 g/mol. The van der Waals surface area contributed by atoms with Gasteiger partial charge in [-0.15, -0.1) is 0 Å². The minimum Gasteiger partial charge on any atom is -0.452 e. The molecule has 1 atom stereocenters. The number of carbonyl (C=O) groups is 1. The van der Waals surface area contributed by atoms with E-state index in [9.17, 15) is 9.18 Å². The predicted octanol–water partition coefficient (Wildman–Crippen LogP) is 3.69. The number of nitrogens with zero attached hydrogens (tertiary/aromatic N) is 1. The van der Waals surface area contributed by atoms with Crippen LogP contribution in [0.2, 0.25) is 5.02 Å². The van der Waals surface area contributed by atoms with Crippen LogP contribution in [0, 0.1) is 12.7 Å². The van der Waals surface area contributed by atoms with Crippen molar-refractivity contribution in [1.29, 1.82) is 0 Å². The third kappa shape index (κ3) is 3.12. The van der Waals surface area contributed by atoms with E-state index in [0.29, 0.717) is 11.5 Å². The van der Waals surface area contributed by atoms with Gasteiger partial charge in [0.1, 0.15) is 23.4 Å². The number of halogens is 2. The lowest BCUT2D eigenvalue weighted by molar-refractivity contribution is 0.0323. The number of hydrogen-bond donors (Lipinski definition) is 0. The summed E-state index contributed by atoms with van der Waals surface area (Å²) in [7, 11) is 0. The van der Waals surface area contributed by atoms with Crippen molar-refractivity contribution in [2.75, 3.05) is 0 Å². The Balaban J connectivity index is 2.12. The van der Waals surface area contributed by atoms with Gasteiger partial charge in [-0.3, -0.25) is 0 Å². The highest BCUT2D eigenvalue weighted by Gasteiger charge is 2.19. The predicted molar refractivity (Wildman–Crippen MR) is 66.5 cm³/mol. The van der Waals surface area contributed by atoms with Gasteiger partial charge in [-0.2, -0.15) is 0 Å². The number of aromatic nitrogens is 1. The van der Waals surface area contributed by atoms with Crippen LogP contribution in [0.3, 0.4) is 0 Å². The Morgan fingerprint density at radius 2 is 2.21 bits per heavy atom. The van der Waals surface area contributed by atoms with E-state index in [1.165, 1.54) is 6.07 Å². The molecule has 0 N–H and O–H groups in total. The lowest BCUT2D eigenvalue weighted by Crippen LogP contribution is -2.10. The monoisotopic (exact) mass is 283 g/mol. The molecule has 0 bridgehead atoms. The maximum absolute atomic E-state index is 12.9. The second kappa shape index (κ2) is 5.40. The van der Waals surface area contributed by atoms with Gasteiger partial charge in [0.2, 0.25) is 0 Å². The minimum absolute atomic E-state index is 0.00790. The first kappa shape index (κ1) is 13.5. The van der Waals surface area contributed by atoms with Gasteiger partial charge in [-0.1, -0.05) is 16.8 Å². The van der Waals surface area contributed by atoms with E-state index in [1.54, 1.807) is 19.9 Å². The molecule has 0 aliphatic heterocycles. The Bertz CT molecular complexity index is 612. The first-order valence-electron chi connectivity index (χ1n) is 5.56. The van der Waals surface area contributed by atoms with Crippen molar-refractivity contribution >= 4 is 17.6 Å². The largest absolute Gasteiger partial charge is 0.452 e.